The topological polar surface area (TPSA) is 46.2 Å². The maximum atomic E-state index is 13.0. The largest absolute Gasteiger partial charge is 0.250 e. The van der Waals surface area contributed by atoms with Crippen LogP contribution >= 0.6 is 38.9 Å². The summed E-state index contributed by atoms with van der Waals surface area (Å²) in [5.74, 6) is -2.01. The van der Waals surface area contributed by atoms with Crippen LogP contribution in [0.25, 0.3) is 0 Å². The monoisotopic (exact) mass is 401 g/mol. The predicted octanol–water partition coefficient (Wildman–Crippen LogP) is 3.92. The standard InChI is InChI=1S/C11H7BrClF2NO2S2/c12-11-7(13)4-10(19-11)20(17,18)16-5-6-1-2-8(14)9(15)3-6/h1-4,16H,5H2. The van der Waals surface area contributed by atoms with Crippen molar-refractivity contribution in [3.05, 3.63) is 50.3 Å². The second-order valence-electron chi connectivity index (χ2n) is 3.76. The number of halogens is 4. The highest BCUT2D eigenvalue weighted by Crippen LogP contribution is 2.34. The molecule has 0 aliphatic carbocycles. The third kappa shape index (κ3) is 3.56. The van der Waals surface area contributed by atoms with E-state index in [1.807, 2.05) is 0 Å². The third-order valence-corrected chi connectivity index (χ3v) is 6.69. The van der Waals surface area contributed by atoms with Gasteiger partial charge in [-0.2, -0.15) is 0 Å². The van der Waals surface area contributed by atoms with Crippen molar-refractivity contribution in [2.24, 2.45) is 0 Å². The SMILES string of the molecule is O=S(=O)(NCc1ccc(F)c(F)c1)c1cc(Cl)c(Br)s1. The lowest BCUT2D eigenvalue weighted by Crippen LogP contribution is -2.22. The van der Waals surface area contributed by atoms with Crippen LogP contribution in [-0.2, 0) is 16.6 Å². The van der Waals surface area contributed by atoms with Crippen LogP contribution in [0, 0.1) is 11.6 Å². The fourth-order valence-corrected chi connectivity index (χ4v) is 4.82. The molecule has 1 aromatic carbocycles. The average Bonchev–Trinajstić information content (AvgIpc) is 2.72. The molecule has 0 saturated heterocycles. The van der Waals surface area contributed by atoms with E-state index in [1.165, 1.54) is 12.1 Å². The summed E-state index contributed by atoms with van der Waals surface area (Å²) in [7, 11) is -3.75. The van der Waals surface area contributed by atoms with E-state index < -0.39 is 21.7 Å². The first-order valence-corrected chi connectivity index (χ1v) is 8.65. The summed E-state index contributed by atoms with van der Waals surface area (Å²) in [5.41, 5.74) is 0.314. The summed E-state index contributed by atoms with van der Waals surface area (Å²) < 4.78 is 52.5. The molecule has 0 radical (unpaired) electrons. The van der Waals surface area contributed by atoms with Crippen LogP contribution in [0.5, 0.6) is 0 Å². The van der Waals surface area contributed by atoms with E-state index in [2.05, 4.69) is 20.7 Å². The van der Waals surface area contributed by atoms with E-state index in [4.69, 9.17) is 11.6 Å². The second-order valence-corrected chi connectivity index (χ2v) is 8.53. The average molecular weight is 403 g/mol. The molecule has 0 fully saturated rings. The highest BCUT2D eigenvalue weighted by Gasteiger charge is 2.18. The van der Waals surface area contributed by atoms with Gasteiger partial charge < -0.3 is 0 Å². The first kappa shape index (κ1) is 15.8. The van der Waals surface area contributed by atoms with E-state index >= 15 is 0 Å². The molecule has 0 saturated carbocycles. The molecule has 0 unspecified atom stereocenters. The van der Waals surface area contributed by atoms with Gasteiger partial charge in [0.05, 0.1) is 8.81 Å². The van der Waals surface area contributed by atoms with Crippen molar-refractivity contribution in [3.8, 4) is 0 Å². The van der Waals surface area contributed by atoms with Crippen LogP contribution in [-0.4, -0.2) is 8.42 Å². The first-order valence-electron chi connectivity index (χ1n) is 5.18. The number of hydrogen-bond acceptors (Lipinski definition) is 3. The van der Waals surface area contributed by atoms with Crippen molar-refractivity contribution < 1.29 is 17.2 Å². The summed E-state index contributed by atoms with van der Waals surface area (Å²) in [5, 5.41) is 0.295. The highest BCUT2D eigenvalue weighted by molar-refractivity contribution is 9.11. The van der Waals surface area contributed by atoms with Crippen molar-refractivity contribution in [2.45, 2.75) is 10.8 Å². The zero-order valence-electron chi connectivity index (χ0n) is 9.66. The van der Waals surface area contributed by atoms with Crippen molar-refractivity contribution in [2.75, 3.05) is 0 Å². The zero-order chi connectivity index (χ0) is 14.9. The van der Waals surface area contributed by atoms with Gasteiger partial charge in [-0.1, -0.05) is 17.7 Å². The minimum absolute atomic E-state index is 0.0389. The van der Waals surface area contributed by atoms with Gasteiger partial charge in [-0.3, -0.25) is 0 Å². The van der Waals surface area contributed by atoms with Gasteiger partial charge in [0, 0.05) is 6.54 Å². The Hall–Kier alpha value is -0.540. The molecule has 1 N–H and O–H groups in total. The lowest BCUT2D eigenvalue weighted by molar-refractivity contribution is 0.506. The molecule has 0 amide bonds. The van der Waals surface area contributed by atoms with E-state index in [1.54, 1.807) is 0 Å². The van der Waals surface area contributed by atoms with Crippen molar-refractivity contribution >= 4 is 48.9 Å². The van der Waals surface area contributed by atoms with Gasteiger partial charge in [0.25, 0.3) is 0 Å². The summed E-state index contributed by atoms with van der Waals surface area (Å²) >= 11 is 9.86. The smallest absolute Gasteiger partial charge is 0.206 e. The number of nitrogens with one attached hydrogen (secondary N) is 1. The molecule has 9 heteroatoms. The Bertz CT molecular complexity index is 729. The van der Waals surface area contributed by atoms with Crippen molar-refractivity contribution in [1.29, 1.82) is 0 Å². The lowest BCUT2D eigenvalue weighted by Gasteiger charge is -2.05. The molecule has 0 spiro atoms. The summed E-state index contributed by atoms with van der Waals surface area (Å²) in [6, 6.07) is 4.49. The summed E-state index contributed by atoms with van der Waals surface area (Å²) in [4.78, 5) is 0. The summed E-state index contributed by atoms with van der Waals surface area (Å²) in [6.45, 7) is -0.146. The minimum atomic E-state index is -3.75. The van der Waals surface area contributed by atoms with Crippen LogP contribution in [0.4, 0.5) is 8.78 Å². The van der Waals surface area contributed by atoms with E-state index in [0.29, 0.717) is 14.4 Å². The number of benzene rings is 1. The number of sulfonamides is 1. The van der Waals surface area contributed by atoms with Gasteiger partial charge in [0.15, 0.2) is 11.6 Å². The molecule has 3 nitrogen and oxygen atoms in total. The Morgan fingerprint density at radius 1 is 1.25 bits per heavy atom. The summed E-state index contributed by atoms with van der Waals surface area (Å²) in [6.07, 6.45) is 0. The molecule has 0 bridgehead atoms. The molecule has 20 heavy (non-hydrogen) atoms. The van der Waals surface area contributed by atoms with Gasteiger partial charge in [-0.25, -0.2) is 21.9 Å². The Kier molecular flexibility index (Phi) is 4.80. The third-order valence-electron chi connectivity index (χ3n) is 2.34. The fraction of sp³-hybridized carbons (Fsp3) is 0.0909. The Morgan fingerprint density at radius 3 is 2.50 bits per heavy atom. The Balaban J connectivity index is 2.15. The molecular formula is C11H7BrClF2NO2S2. The van der Waals surface area contributed by atoms with Gasteiger partial charge in [-0.05, 0) is 39.7 Å². The first-order chi connectivity index (χ1) is 9.29. The van der Waals surface area contributed by atoms with E-state index in [-0.39, 0.29) is 10.8 Å². The quantitative estimate of drug-likeness (QED) is 0.842. The number of hydrogen-bond donors (Lipinski definition) is 1. The Morgan fingerprint density at radius 2 is 1.95 bits per heavy atom. The van der Waals surface area contributed by atoms with Gasteiger partial charge >= 0.3 is 0 Å². The molecular weight excluding hydrogens is 396 g/mol. The van der Waals surface area contributed by atoms with E-state index in [0.717, 1.165) is 23.5 Å². The highest BCUT2D eigenvalue weighted by atomic mass is 79.9. The van der Waals surface area contributed by atoms with Gasteiger partial charge in [0.1, 0.15) is 4.21 Å². The van der Waals surface area contributed by atoms with Crippen molar-refractivity contribution in [1.82, 2.24) is 4.72 Å². The van der Waals surface area contributed by atoms with Crippen LogP contribution in [0.15, 0.2) is 32.3 Å². The predicted molar refractivity (Wildman–Crippen MR) is 77.4 cm³/mol. The normalized spacial score (nSPS) is 11.8. The van der Waals surface area contributed by atoms with E-state index in [9.17, 15) is 17.2 Å². The number of rotatable bonds is 4. The molecule has 1 aromatic heterocycles. The molecule has 1 heterocycles. The number of thiophene rings is 1. The second kappa shape index (κ2) is 6.07. The van der Waals surface area contributed by atoms with Gasteiger partial charge in [0.2, 0.25) is 10.0 Å². The van der Waals surface area contributed by atoms with Gasteiger partial charge in [-0.15, -0.1) is 11.3 Å². The minimum Gasteiger partial charge on any atom is -0.206 e. The lowest BCUT2D eigenvalue weighted by atomic mass is 10.2. The van der Waals surface area contributed by atoms with Crippen LogP contribution in [0.2, 0.25) is 5.02 Å². The molecule has 108 valence electrons. The Labute approximate surface area is 131 Å². The maximum Gasteiger partial charge on any atom is 0.250 e. The zero-order valence-corrected chi connectivity index (χ0v) is 13.6. The fourth-order valence-electron chi connectivity index (χ4n) is 1.36. The molecule has 2 aromatic rings. The van der Waals surface area contributed by atoms with Crippen LogP contribution in [0.3, 0.4) is 0 Å². The van der Waals surface area contributed by atoms with Crippen molar-refractivity contribution in [3.63, 3.8) is 0 Å². The molecule has 0 aliphatic rings. The maximum absolute atomic E-state index is 13.0. The molecule has 2 rings (SSSR count). The molecule has 0 atom stereocenters. The molecule has 0 aliphatic heterocycles. The van der Waals surface area contributed by atoms with Crippen LogP contribution in [0.1, 0.15) is 5.56 Å². The van der Waals surface area contributed by atoms with Crippen LogP contribution < -0.4 is 4.72 Å².